The Morgan fingerprint density at radius 3 is 2.65 bits per heavy atom. The number of nitrogens with zero attached hydrogens (tertiary/aromatic N) is 3. The number of carboxylic acid groups (broad SMARTS) is 1. The fourth-order valence-electron chi connectivity index (χ4n) is 2.85. The molecular weight excluding hydrogens is 318 g/mol. The zero-order valence-electron chi connectivity index (χ0n) is 12.6. The highest BCUT2D eigenvalue weighted by Crippen LogP contribution is 2.31. The van der Waals surface area contributed by atoms with Crippen molar-refractivity contribution in [2.75, 3.05) is 6.54 Å². The molecule has 1 atom stereocenters. The number of imidazole rings is 1. The number of rotatable bonds is 4. The first-order chi connectivity index (χ1) is 10.9. The van der Waals surface area contributed by atoms with Gasteiger partial charge in [-0.05, 0) is 19.1 Å². The summed E-state index contributed by atoms with van der Waals surface area (Å²) in [5, 5.41) is 9.51. The van der Waals surface area contributed by atoms with Crippen molar-refractivity contribution in [2.45, 2.75) is 30.8 Å². The van der Waals surface area contributed by atoms with Crippen molar-refractivity contribution in [3.8, 4) is 0 Å². The summed E-state index contributed by atoms with van der Waals surface area (Å²) in [5.74, 6) is -1.96. The minimum Gasteiger partial charge on any atom is -0.481 e. The molecule has 7 nitrogen and oxygen atoms in total. The number of aliphatic carboxylic acids is 1. The monoisotopic (exact) mass is 335 g/mol. The molecule has 0 aliphatic carbocycles. The molecule has 23 heavy (non-hydrogen) atoms. The maximum atomic E-state index is 12.7. The molecule has 0 saturated heterocycles. The predicted molar refractivity (Wildman–Crippen MR) is 82.3 cm³/mol. The summed E-state index contributed by atoms with van der Waals surface area (Å²) in [7, 11) is -3.75. The van der Waals surface area contributed by atoms with Gasteiger partial charge < -0.3 is 9.67 Å². The maximum Gasteiger partial charge on any atom is 0.313 e. The summed E-state index contributed by atoms with van der Waals surface area (Å²) in [6.45, 7) is 2.49. The Kier molecular flexibility index (Phi) is 3.95. The van der Waals surface area contributed by atoms with E-state index in [1.165, 1.54) is 16.4 Å². The summed E-state index contributed by atoms with van der Waals surface area (Å²) in [6.07, 6.45) is 1.57. The van der Waals surface area contributed by atoms with Crippen LogP contribution in [0.25, 0.3) is 0 Å². The lowest BCUT2D eigenvalue weighted by molar-refractivity contribution is -0.139. The minimum absolute atomic E-state index is 0.0866. The van der Waals surface area contributed by atoms with Crippen molar-refractivity contribution in [1.29, 1.82) is 0 Å². The third-order valence-electron chi connectivity index (χ3n) is 4.02. The van der Waals surface area contributed by atoms with Crippen molar-refractivity contribution < 1.29 is 18.3 Å². The van der Waals surface area contributed by atoms with E-state index in [9.17, 15) is 18.3 Å². The quantitative estimate of drug-likeness (QED) is 0.908. The minimum atomic E-state index is -3.75. The second kappa shape index (κ2) is 5.78. The summed E-state index contributed by atoms with van der Waals surface area (Å²) < 4.78 is 28.4. The Hall–Kier alpha value is -2.19. The molecule has 0 saturated carbocycles. The molecule has 1 aliphatic rings. The first-order valence-corrected chi connectivity index (χ1v) is 8.71. The van der Waals surface area contributed by atoms with E-state index in [0.717, 1.165) is 0 Å². The zero-order chi connectivity index (χ0) is 16.6. The Labute approximate surface area is 134 Å². The van der Waals surface area contributed by atoms with Gasteiger partial charge in [-0.3, -0.25) is 4.79 Å². The second-order valence-corrected chi connectivity index (χ2v) is 7.30. The molecule has 1 aliphatic heterocycles. The van der Waals surface area contributed by atoms with E-state index in [1.54, 1.807) is 29.1 Å². The summed E-state index contributed by atoms with van der Waals surface area (Å²) in [6, 6.07) is 8.03. The number of sulfonamides is 1. The lowest BCUT2D eigenvalue weighted by atomic mass is 10.00. The van der Waals surface area contributed by atoms with Crippen molar-refractivity contribution in [3.63, 3.8) is 0 Å². The summed E-state index contributed by atoms with van der Waals surface area (Å²) in [5.41, 5.74) is 1.10. The number of aryl methyl sites for hydroxylation is 1. The number of carboxylic acids is 1. The molecule has 1 aromatic carbocycles. The van der Waals surface area contributed by atoms with Crippen LogP contribution in [0.1, 0.15) is 24.2 Å². The van der Waals surface area contributed by atoms with Crippen molar-refractivity contribution in [2.24, 2.45) is 0 Å². The molecular formula is C15H17N3O4S. The third kappa shape index (κ3) is 2.64. The predicted octanol–water partition coefficient (Wildman–Crippen LogP) is 1.28. The Balaban J connectivity index is 2.03. The van der Waals surface area contributed by atoms with Crippen molar-refractivity contribution in [3.05, 3.63) is 48.0 Å². The molecule has 0 amide bonds. The van der Waals surface area contributed by atoms with Crippen molar-refractivity contribution >= 4 is 16.0 Å². The molecule has 0 fully saturated rings. The molecule has 0 spiro atoms. The van der Waals surface area contributed by atoms with Crippen LogP contribution in [0, 0.1) is 0 Å². The van der Waals surface area contributed by atoms with Gasteiger partial charge in [0.25, 0.3) is 0 Å². The molecule has 0 bridgehead atoms. The Morgan fingerprint density at radius 1 is 1.35 bits per heavy atom. The van der Waals surface area contributed by atoms with Gasteiger partial charge >= 0.3 is 5.97 Å². The van der Waals surface area contributed by atoms with Gasteiger partial charge in [0.1, 0.15) is 5.92 Å². The average molecular weight is 335 g/mol. The first-order valence-electron chi connectivity index (χ1n) is 7.27. The van der Waals surface area contributed by atoms with Gasteiger partial charge in [0.2, 0.25) is 10.0 Å². The lowest BCUT2D eigenvalue weighted by Crippen LogP contribution is -2.41. The van der Waals surface area contributed by atoms with Crippen LogP contribution in [0.2, 0.25) is 0 Å². The molecule has 3 rings (SSSR count). The van der Waals surface area contributed by atoms with Gasteiger partial charge in [0.05, 0.1) is 29.2 Å². The number of fused-ring (bicyclic) bond motifs is 1. The number of hydrogen-bond acceptors (Lipinski definition) is 4. The Bertz CT molecular complexity index is 830. The normalized spacial score (nSPS) is 18.6. The maximum absolute atomic E-state index is 12.7. The van der Waals surface area contributed by atoms with E-state index in [4.69, 9.17) is 0 Å². The number of hydrogen-bond donors (Lipinski definition) is 1. The molecule has 1 aromatic heterocycles. The van der Waals surface area contributed by atoms with E-state index in [1.807, 2.05) is 6.92 Å². The van der Waals surface area contributed by atoms with E-state index in [-0.39, 0.29) is 18.0 Å². The summed E-state index contributed by atoms with van der Waals surface area (Å²) >= 11 is 0. The fourth-order valence-corrected chi connectivity index (χ4v) is 4.29. The van der Waals surface area contributed by atoms with Crippen LogP contribution in [0.5, 0.6) is 0 Å². The van der Waals surface area contributed by atoms with Crippen LogP contribution >= 0.6 is 0 Å². The smallest absolute Gasteiger partial charge is 0.313 e. The molecule has 1 N–H and O–H groups in total. The van der Waals surface area contributed by atoms with Gasteiger partial charge in [0, 0.05) is 13.1 Å². The topological polar surface area (TPSA) is 92.5 Å². The molecule has 0 unspecified atom stereocenters. The van der Waals surface area contributed by atoms with Crippen molar-refractivity contribution in [1.82, 2.24) is 13.9 Å². The van der Waals surface area contributed by atoms with E-state index in [0.29, 0.717) is 17.9 Å². The second-order valence-electron chi connectivity index (χ2n) is 5.36. The Morgan fingerprint density at radius 2 is 2.04 bits per heavy atom. The van der Waals surface area contributed by atoms with E-state index < -0.39 is 21.9 Å². The highest BCUT2D eigenvalue weighted by atomic mass is 32.2. The van der Waals surface area contributed by atoms with E-state index >= 15 is 0 Å². The standard InChI is InChI=1S/C15H17N3O4S/c1-2-17-10-16-13-9-18(8-12(14(13)17)15(19)20)23(21,22)11-6-4-3-5-7-11/h3-7,10,12H,2,8-9H2,1H3,(H,19,20)/t12-/m1/s1. The molecule has 8 heteroatoms. The molecule has 0 radical (unpaired) electrons. The largest absolute Gasteiger partial charge is 0.481 e. The average Bonchev–Trinajstić information content (AvgIpc) is 2.97. The van der Waals surface area contributed by atoms with Crippen LogP contribution < -0.4 is 0 Å². The van der Waals surface area contributed by atoms with E-state index in [2.05, 4.69) is 4.98 Å². The number of benzene rings is 1. The van der Waals surface area contributed by atoms with Crippen LogP contribution in [0.15, 0.2) is 41.6 Å². The summed E-state index contributed by atoms with van der Waals surface area (Å²) in [4.78, 5) is 16.0. The molecule has 2 aromatic rings. The van der Waals surface area contributed by atoms with Gasteiger partial charge in [-0.25, -0.2) is 13.4 Å². The first kappa shape index (κ1) is 15.7. The fraction of sp³-hybridized carbons (Fsp3) is 0.333. The van der Waals surface area contributed by atoms with Crippen LogP contribution in [-0.4, -0.2) is 39.9 Å². The SMILES string of the molecule is CCn1cnc2c1[C@H](C(=O)O)CN(S(=O)(=O)c1ccccc1)C2. The molecule has 122 valence electrons. The van der Waals surface area contributed by atoms with Crippen LogP contribution in [0.4, 0.5) is 0 Å². The van der Waals surface area contributed by atoms with Crippen LogP contribution in [0.3, 0.4) is 0 Å². The molecule has 2 heterocycles. The third-order valence-corrected chi connectivity index (χ3v) is 5.85. The van der Waals surface area contributed by atoms with Gasteiger partial charge in [-0.2, -0.15) is 4.31 Å². The highest BCUT2D eigenvalue weighted by molar-refractivity contribution is 7.89. The van der Waals surface area contributed by atoms with Crippen LogP contribution in [-0.2, 0) is 27.9 Å². The lowest BCUT2D eigenvalue weighted by Gasteiger charge is -2.30. The van der Waals surface area contributed by atoms with Gasteiger partial charge in [-0.15, -0.1) is 0 Å². The van der Waals surface area contributed by atoms with Gasteiger partial charge in [-0.1, -0.05) is 18.2 Å². The zero-order valence-corrected chi connectivity index (χ0v) is 13.4. The number of aromatic nitrogens is 2. The number of carbonyl (C=O) groups is 1. The van der Waals surface area contributed by atoms with Gasteiger partial charge in [0.15, 0.2) is 0 Å². The highest BCUT2D eigenvalue weighted by Gasteiger charge is 2.39.